The highest BCUT2D eigenvalue weighted by Crippen LogP contribution is 2.32. The molecule has 1 aliphatic carbocycles. The second-order valence-electron chi connectivity index (χ2n) is 8.75. The van der Waals surface area contributed by atoms with Crippen molar-refractivity contribution in [3.63, 3.8) is 0 Å². The lowest BCUT2D eigenvalue weighted by Crippen LogP contribution is -2.35. The van der Waals surface area contributed by atoms with Gasteiger partial charge in [-0.1, -0.05) is 30.9 Å². The summed E-state index contributed by atoms with van der Waals surface area (Å²) in [6, 6.07) is 8.21. The second-order valence-corrected chi connectivity index (χ2v) is 10.00. The van der Waals surface area contributed by atoms with Gasteiger partial charge >= 0.3 is 6.18 Å². The lowest BCUT2D eigenvalue weighted by molar-refractivity contribution is -0.137. The summed E-state index contributed by atoms with van der Waals surface area (Å²) in [5.41, 5.74) is 3.49. The molecule has 1 aliphatic rings. The van der Waals surface area contributed by atoms with Crippen LogP contribution in [-0.4, -0.2) is 35.8 Å². The van der Waals surface area contributed by atoms with Crippen molar-refractivity contribution in [2.75, 3.05) is 30.9 Å². The van der Waals surface area contributed by atoms with Crippen LogP contribution in [0, 0.1) is 5.92 Å². The number of carbonyl (C=O) groups excluding carboxylic acids is 1. The van der Waals surface area contributed by atoms with E-state index in [1.54, 1.807) is 11.8 Å². The number of ether oxygens (including phenoxy) is 1. The van der Waals surface area contributed by atoms with Gasteiger partial charge in [-0.2, -0.15) is 13.2 Å². The zero-order valence-corrected chi connectivity index (χ0v) is 21.7. The lowest BCUT2D eigenvalue weighted by Gasteiger charge is -2.19. The first-order chi connectivity index (χ1) is 17.7. The number of nitrogens with zero attached hydrogens (tertiary/aromatic N) is 3. The second kappa shape index (κ2) is 12.0. The number of hydrogen-bond acceptors (Lipinski definition) is 6. The highest BCUT2D eigenvalue weighted by atomic mass is 35.5. The number of carbonyl (C=O) groups is 1. The monoisotopic (exact) mass is 553 g/mol. The van der Waals surface area contributed by atoms with Crippen LogP contribution in [0.2, 0.25) is 5.02 Å². The van der Waals surface area contributed by atoms with Gasteiger partial charge in [-0.05, 0) is 49.1 Å². The van der Waals surface area contributed by atoms with Crippen LogP contribution in [0.4, 0.5) is 19.0 Å². The average molecular weight is 554 g/mol. The molecule has 0 bridgehead atoms. The number of nitrogens with one attached hydrogen (secondary N) is 2. The van der Waals surface area contributed by atoms with E-state index in [0.29, 0.717) is 29.2 Å². The molecule has 1 fully saturated rings. The van der Waals surface area contributed by atoms with E-state index in [9.17, 15) is 18.0 Å². The molecule has 3 aromatic rings. The van der Waals surface area contributed by atoms with Gasteiger partial charge in [0.15, 0.2) is 0 Å². The van der Waals surface area contributed by atoms with Gasteiger partial charge in [-0.25, -0.2) is 9.66 Å². The predicted octanol–water partition coefficient (Wildman–Crippen LogP) is 5.96. The van der Waals surface area contributed by atoms with Crippen LogP contribution in [0.5, 0.6) is 5.75 Å². The number of pyridine rings is 1. The zero-order valence-electron chi connectivity index (χ0n) is 20.1. The van der Waals surface area contributed by atoms with Crippen molar-refractivity contribution in [1.29, 1.82) is 0 Å². The molecule has 7 nitrogen and oxygen atoms in total. The number of aromatic nitrogens is 2. The molecule has 37 heavy (non-hydrogen) atoms. The molecule has 2 N–H and O–H groups in total. The molecule has 0 atom stereocenters. The molecule has 2 heterocycles. The van der Waals surface area contributed by atoms with Crippen molar-refractivity contribution in [3.8, 4) is 17.0 Å². The van der Waals surface area contributed by atoms with Gasteiger partial charge in [-0.3, -0.25) is 15.2 Å². The highest BCUT2D eigenvalue weighted by molar-refractivity contribution is 7.07. The molecule has 12 heteroatoms. The van der Waals surface area contributed by atoms with Gasteiger partial charge in [-0.15, -0.1) is 11.3 Å². The Morgan fingerprint density at radius 2 is 1.97 bits per heavy atom. The van der Waals surface area contributed by atoms with Crippen LogP contribution in [0.3, 0.4) is 0 Å². The van der Waals surface area contributed by atoms with Crippen LogP contribution in [0.1, 0.15) is 37.7 Å². The average Bonchev–Trinajstić information content (AvgIpc) is 3.28. The SMILES string of the molecule is COc1ccc(-c2csc(=NCC3CCCCC3)n2NC(=O)CNc2ncc(C(F)(F)F)cc2Cl)cc1. The van der Waals surface area contributed by atoms with E-state index in [2.05, 4.69) is 15.7 Å². The minimum Gasteiger partial charge on any atom is -0.497 e. The van der Waals surface area contributed by atoms with Gasteiger partial charge in [0.2, 0.25) is 4.80 Å². The van der Waals surface area contributed by atoms with Gasteiger partial charge in [0.1, 0.15) is 11.6 Å². The van der Waals surface area contributed by atoms with Crippen LogP contribution in [0.25, 0.3) is 11.3 Å². The third-order valence-electron chi connectivity index (χ3n) is 6.12. The third kappa shape index (κ3) is 7.04. The summed E-state index contributed by atoms with van der Waals surface area (Å²) >= 11 is 7.37. The fourth-order valence-corrected chi connectivity index (χ4v) is 5.21. The molecular formula is C25H27ClF3N5O2S. The largest absolute Gasteiger partial charge is 0.497 e. The standard InChI is InChI=1S/C25H27ClF3N5O2S/c1-36-19-9-7-17(8-10-19)21-15-37-24(32-12-16-5-3-2-4-6-16)34(21)33-22(35)14-31-23-20(26)11-18(13-30-23)25(27,28)29/h7-11,13,15-16H,2-6,12,14H2,1H3,(H,30,31)(H,33,35). The molecule has 1 saturated carbocycles. The number of halogens is 4. The molecule has 1 amide bonds. The molecule has 0 spiro atoms. The number of rotatable bonds is 8. The fourth-order valence-electron chi connectivity index (χ4n) is 4.12. The normalized spacial score (nSPS) is 15.0. The molecule has 198 valence electrons. The molecule has 0 radical (unpaired) electrons. The minimum absolute atomic E-state index is 0.0160. The number of hydrogen-bond donors (Lipinski definition) is 2. The van der Waals surface area contributed by atoms with Crippen molar-refractivity contribution >= 4 is 34.7 Å². The Hall–Kier alpha value is -3.05. The van der Waals surface area contributed by atoms with E-state index in [1.807, 2.05) is 29.6 Å². The van der Waals surface area contributed by atoms with E-state index < -0.39 is 17.6 Å². The van der Waals surface area contributed by atoms with Gasteiger partial charge in [0.25, 0.3) is 5.91 Å². The molecule has 0 saturated heterocycles. The Kier molecular flexibility index (Phi) is 8.75. The van der Waals surface area contributed by atoms with Crippen LogP contribution in [0.15, 0.2) is 46.9 Å². The molecular weight excluding hydrogens is 527 g/mol. The maximum Gasteiger partial charge on any atom is 0.417 e. The fraction of sp³-hybridized carbons (Fsp3) is 0.400. The topological polar surface area (TPSA) is 80.5 Å². The van der Waals surface area contributed by atoms with E-state index in [0.717, 1.165) is 30.2 Å². The van der Waals surface area contributed by atoms with Crippen molar-refractivity contribution in [1.82, 2.24) is 9.66 Å². The molecule has 0 unspecified atom stereocenters. The molecule has 0 aliphatic heterocycles. The zero-order chi connectivity index (χ0) is 26.4. The summed E-state index contributed by atoms with van der Waals surface area (Å²) in [4.78, 5) is 22.0. The van der Waals surface area contributed by atoms with Crippen molar-refractivity contribution in [2.45, 2.75) is 38.3 Å². The smallest absolute Gasteiger partial charge is 0.417 e. The summed E-state index contributed by atoms with van der Waals surface area (Å²) in [5, 5.41) is 4.39. The van der Waals surface area contributed by atoms with E-state index in [-0.39, 0.29) is 17.4 Å². The van der Waals surface area contributed by atoms with Crippen molar-refractivity contribution < 1.29 is 22.7 Å². The number of benzene rings is 1. The molecule has 4 rings (SSSR count). The Morgan fingerprint density at radius 1 is 1.24 bits per heavy atom. The summed E-state index contributed by atoms with van der Waals surface area (Å²) in [6.45, 7) is 0.423. The lowest BCUT2D eigenvalue weighted by atomic mass is 9.89. The molecule has 2 aromatic heterocycles. The number of thiazole rings is 1. The summed E-state index contributed by atoms with van der Waals surface area (Å²) in [5.74, 6) is 0.781. The Labute approximate surface area is 221 Å². The number of alkyl halides is 3. The summed E-state index contributed by atoms with van der Waals surface area (Å²) in [6.07, 6.45) is 2.10. The van der Waals surface area contributed by atoms with E-state index in [4.69, 9.17) is 21.3 Å². The first kappa shape index (κ1) is 27.0. The van der Waals surface area contributed by atoms with Gasteiger partial charge in [0, 0.05) is 23.7 Å². The first-order valence-electron chi connectivity index (χ1n) is 11.9. The molecule has 1 aromatic carbocycles. The summed E-state index contributed by atoms with van der Waals surface area (Å²) < 4.78 is 45.5. The Morgan fingerprint density at radius 3 is 2.62 bits per heavy atom. The third-order valence-corrected chi connectivity index (χ3v) is 7.28. The predicted molar refractivity (Wildman–Crippen MR) is 138 cm³/mol. The number of amides is 1. The van der Waals surface area contributed by atoms with Gasteiger partial charge < -0.3 is 10.1 Å². The summed E-state index contributed by atoms with van der Waals surface area (Å²) in [7, 11) is 1.59. The van der Waals surface area contributed by atoms with Crippen LogP contribution in [-0.2, 0) is 11.0 Å². The van der Waals surface area contributed by atoms with E-state index in [1.165, 1.54) is 30.6 Å². The highest BCUT2D eigenvalue weighted by Gasteiger charge is 2.31. The quantitative estimate of drug-likeness (QED) is 0.361. The Balaban J connectivity index is 1.53. The maximum absolute atomic E-state index is 12.9. The van der Waals surface area contributed by atoms with Crippen molar-refractivity contribution in [3.05, 3.63) is 57.3 Å². The van der Waals surface area contributed by atoms with Crippen LogP contribution < -0.4 is 20.3 Å². The number of anilines is 1. The Bertz CT molecular complexity index is 1280. The first-order valence-corrected chi connectivity index (χ1v) is 13.1. The maximum atomic E-state index is 12.9. The number of methoxy groups -OCH3 is 1. The van der Waals surface area contributed by atoms with Gasteiger partial charge in [0.05, 0.1) is 29.9 Å². The van der Waals surface area contributed by atoms with Crippen molar-refractivity contribution in [2.24, 2.45) is 10.9 Å². The van der Waals surface area contributed by atoms with E-state index >= 15 is 0 Å². The van der Waals surface area contributed by atoms with Crippen LogP contribution >= 0.6 is 22.9 Å². The minimum atomic E-state index is -4.56.